The third kappa shape index (κ3) is 5.34. The van der Waals surface area contributed by atoms with Gasteiger partial charge in [0, 0.05) is 25.0 Å². The van der Waals surface area contributed by atoms with E-state index in [1.165, 1.54) is 0 Å². The molecule has 2 aromatic heterocycles. The molecular weight excluding hydrogens is 390 g/mol. The summed E-state index contributed by atoms with van der Waals surface area (Å²) in [4.78, 5) is 17.7. The van der Waals surface area contributed by atoms with E-state index in [0.717, 1.165) is 28.7 Å². The third-order valence-corrected chi connectivity index (χ3v) is 4.79. The molecule has 0 spiro atoms. The lowest BCUT2D eigenvalue weighted by Crippen LogP contribution is -2.35. The Labute approximate surface area is 174 Å². The van der Waals surface area contributed by atoms with E-state index < -0.39 is 6.09 Å². The molecule has 0 saturated heterocycles. The van der Waals surface area contributed by atoms with Crippen LogP contribution in [0.15, 0.2) is 48.7 Å². The number of nitrogens with one attached hydrogen (secondary N) is 1. The number of fused-ring (bicyclic) bond motifs is 1. The zero-order chi connectivity index (χ0) is 20.8. The van der Waals surface area contributed by atoms with Gasteiger partial charge in [-0.15, -0.1) is 0 Å². The summed E-state index contributed by atoms with van der Waals surface area (Å²) in [5, 5.41) is 17.5. The van der Waals surface area contributed by atoms with Crippen LogP contribution in [-0.2, 0) is 6.54 Å². The molecule has 0 bridgehead atoms. The van der Waals surface area contributed by atoms with Crippen LogP contribution in [0.25, 0.3) is 17.0 Å². The van der Waals surface area contributed by atoms with Gasteiger partial charge in [0.15, 0.2) is 0 Å². The molecule has 1 aromatic carbocycles. The van der Waals surface area contributed by atoms with Gasteiger partial charge in [-0.1, -0.05) is 48.0 Å². The molecule has 7 nitrogen and oxygen atoms in total. The lowest BCUT2D eigenvalue weighted by atomic mass is 10.1. The zero-order valence-electron chi connectivity index (χ0n) is 16.4. The molecule has 2 N–H and O–H groups in total. The molecule has 0 fully saturated rings. The first-order valence-electron chi connectivity index (χ1n) is 9.39. The highest BCUT2D eigenvalue weighted by Gasteiger charge is 2.15. The smallest absolute Gasteiger partial charge is 0.405 e. The van der Waals surface area contributed by atoms with Gasteiger partial charge in [0.2, 0.25) is 0 Å². The van der Waals surface area contributed by atoms with Gasteiger partial charge < -0.3 is 15.3 Å². The molecule has 0 aliphatic rings. The molecule has 1 unspecified atom stereocenters. The molecular formula is C21H24ClN5O2. The standard InChI is InChI=1S/C21H24ClN5O2/c1-3-27-20-16(13-23-27)12-19(22)24-17(20)10-7-11-26(2)14-18(25-21(28)29)15-8-5-4-6-9-15/h4-10,12-13,18,25H,3,11,14H2,1-2H3,(H,28,29)/b10-7+. The highest BCUT2D eigenvalue weighted by atomic mass is 35.5. The molecule has 29 heavy (non-hydrogen) atoms. The Kier molecular flexibility index (Phi) is 6.85. The second-order valence-corrected chi connectivity index (χ2v) is 7.15. The van der Waals surface area contributed by atoms with Crippen molar-refractivity contribution < 1.29 is 9.90 Å². The minimum absolute atomic E-state index is 0.315. The molecule has 0 saturated carbocycles. The highest BCUT2D eigenvalue weighted by molar-refractivity contribution is 6.30. The van der Waals surface area contributed by atoms with Gasteiger partial charge in [-0.3, -0.25) is 4.68 Å². The predicted octanol–water partition coefficient (Wildman–Crippen LogP) is 4.06. The lowest BCUT2D eigenvalue weighted by Gasteiger charge is -2.23. The van der Waals surface area contributed by atoms with Crippen LogP contribution >= 0.6 is 11.6 Å². The number of rotatable bonds is 8. The fourth-order valence-electron chi connectivity index (χ4n) is 3.27. The number of nitrogens with zero attached hydrogens (tertiary/aromatic N) is 4. The fourth-order valence-corrected chi connectivity index (χ4v) is 3.48. The van der Waals surface area contributed by atoms with Crippen molar-refractivity contribution >= 4 is 34.7 Å². The number of aromatic nitrogens is 3. The van der Waals surface area contributed by atoms with Crippen molar-refractivity contribution in [2.75, 3.05) is 20.1 Å². The first-order chi connectivity index (χ1) is 14.0. The normalized spacial score (nSPS) is 12.7. The van der Waals surface area contributed by atoms with Crippen molar-refractivity contribution in [2.45, 2.75) is 19.5 Å². The number of aryl methyl sites for hydroxylation is 1. The second kappa shape index (κ2) is 9.54. The van der Waals surface area contributed by atoms with Crippen LogP contribution in [0.2, 0.25) is 5.15 Å². The van der Waals surface area contributed by atoms with Gasteiger partial charge in [0.1, 0.15) is 5.15 Å². The summed E-state index contributed by atoms with van der Waals surface area (Å²) in [5.74, 6) is 0. The molecule has 1 atom stereocenters. The Morgan fingerprint density at radius 2 is 2.14 bits per heavy atom. The van der Waals surface area contributed by atoms with Crippen molar-refractivity contribution in [1.82, 2.24) is 25.0 Å². The van der Waals surface area contributed by atoms with Crippen molar-refractivity contribution in [1.29, 1.82) is 0 Å². The number of carbonyl (C=O) groups is 1. The Morgan fingerprint density at radius 1 is 1.38 bits per heavy atom. The monoisotopic (exact) mass is 413 g/mol. The number of amides is 1. The van der Waals surface area contributed by atoms with Crippen LogP contribution in [0.1, 0.15) is 24.2 Å². The van der Waals surface area contributed by atoms with Crippen molar-refractivity contribution in [2.24, 2.45) is 0 Å². The number of hydrogen-bond acceptors (Lipinski definition) is 4. The maximum absolute atomic E-state index is 11.2. The summed E-state index contributed by atoms with van der Waals surface area (Å²) in [6.45, 7) is 3.93. The number of pyridine rings is 1. The van der Waals surface area contributed by atoms with Crippen LogP contribution in [0.5, 0.6) is 0 Å². The van der Waals surface area contributed by atoms with E-state index >= 15 is 0 Å². The van der Waals surface area contributed by atoms with E-state index in [1.807, 2.05) is 72.1 Å². The quantitative estimate of drug-likeness (QED) is 0.544. The number of hydrogen-bond donors (Lipinski definition) is 2. The average molecular weight is 414 g/mol. The molecule has 0 aliphatic heterocycles. The molecule has 3 aromatic rings. The van der Waals surface area contributed by atoms with Crippen molar-refractivity contribution in [3.8, 4) is 0 Å². The summed E-state index contributed by atoms with van der Waals surface area (Å²) in [6.07, 6.45) is 4.67. The van der Waals surface area contributed by atoms with Gasteiger partial charge >= 0.3 is 6.09 Å². The van der Waals surface area contributed by atoms with E-state index in [-0.39, 0.29) is 6.04 Å². The molecule has 2 heterocycles. The first kappa shape index (κ1) is 20.8. The Hall–Kier alpha value is -2.90. The van der Waals surface area contributed by atoms with E-state index in [1.54, 1.807) is 6.20 Å². The summed E-state index contributed by atoms with van der Waals surface area (Å²) >= 11 is 6.15. The number of halogens is 1. The molecule has 8 heteroatoms. The highest BCUT2D eigenvalue weighted by Crippen LogP contribution is 2.22. The summed E-state index contributed by atoms with van der Waals surface area (Å²) < 4.78 is 1.89. The maximum Gasteiger partial charge on any atom is 0.405 e. The predicted molar refractivity (Wildman–Crippen MR) is 115 cm³/mol. The van der Waals surface area contributed by atoms with E-state index in [9.17, 15) is 4.79 Å². The van der Waals surface area contributed by atoms with Crippen LogP contribution < -0.4 is 5.32 Å². The first-order valence-corrected chi connectivity index (χ1v) is 9.77. The van der Waals surface area contributed by atoms with Crippen molar-refractivity contribution in [3.05, 3.63) is 65.1 Å². The SMILES string of the molecule is CCn1ncc2cc(Cl)nc(/C=C/CN(C)CC(NC(=O)O)c3ccccc3)c21. The van der Waals surface area contributed by atoms with Crippen LogP contribution in [0.3, 0.4) is 0 Å². The largest absolute Gasteiger partial charge is 0.465 e. The summed E-state index contributed by atoms with van der Waals surface area (Å²) in [6, 6.07) is 11.0. The summed E-state index contributed by atoms with van der Waals surface area (Å²) in [5.41, 5.74) is 2.64. The summed E-state index contributed by atoms with van der Waals surface area (Å²) in [7, 11) is 1.95. The van der Waals surface area contributed by atoms with E-state index in [0.29, 0.717) is 18.2 Å². The Balaban J connectivity index is 1.72. The van der Waals surface area contributed by atoms with Crippen LogP contribution in [-0.4, -0.2) is 51.0 Å². The van der Waals surface area contributed by atoms with Crippen molar-refractivity contribution in [3.63, 3.8) is 0 Å². The topological polar surface area (TPSA) is 83.3 Å². The molecule has 0 radical (unpaired) electrons. The molecule has 152 valence electrons. The average Bonchev–Trinajstić information content (AvgIpc) is 3.10. The fraction of sp³-hybridized carbons (Fsp3) is 0.286. The second-order valence-electron chi connectivity index (χ2n) is 6.76. The lowest BCUT2D eigenvalue weighted by molar-refractivity contribution is 0.185. The molecule has 0 aliphatic carbocycles. The molecule has 3 rings (SSSR count). The molecule has 1 amide bonds. The maximum atomic E-state index is 11.2. The minimum atomic E-state index is -1.04. The van der Waals surface area contributed by atoms with Gasteiger partial charge in [-0.05, 0) is 31.7 Å². The van der Waals surface area contributed by atoms with Gasteiger partial charge in [0.25, 0.3) is 0 Å². The third-order valence-electron chi connectivity index (χ3n) is 4.60. The van der Waals surface area contributed by atoms with Crippen LogP contribution in [0, 0.1) is 0 Å². The number of carboxylic acid groups (broad SMARTS) is 1. The van der Waals surface area contributed by atoms with E-state index in [2.05, 4.69) is 15.4 Å². The van der Waals surface area contributed by atoms with E-state index in [4.69, 9.17) is 16.7 Å². The van der Waals surface area contributed by atoms with Gasteiger partial charge in [-0.25, -0.2) is 9.78 Å². The van der Waals surface area contributed by atoms with Crippen LogP contribution in [0.4, 0.5) is 4.79 Å². The number of likely N-dealkylation sites (N-methyl/N-ethyl adjacent to an activating group) is 1. The zero-order valence-corrected chi connectivity index (χ0v) is 17.2. The Morgan fingerprint density at radius 3 is 2.83 bits per heavy atom. The van der Waals surface area contributed by atoms with Gasteiger partial charge in [0.05, 0.1) is 23.4 Å². The van der Waals surface area contributed by atoms with Gasteiger partial charge in [-0.2, -0.15) is 5.10 Å². The minimum Gasteiger partial charge on any atom is -0.465 e. The number of benzene rings is 1. The Bertz CT molecular complexity index is 1000.